The van der Waals surface area contributed by atoms with E-state index in [1.807, 2.05) is 59.5 Å². The van der Waals surface area contributed by atoms with Crippen LogP contribution in [0.1, 0.15) is 48.4 Å². The second kappa shape index (κ2) is 12.5. The normalized spacial score (nSPS) is 14.6. The minimum atomic E-state index is -0.324. The van der Waals surface area contributed by atoms with E-state index in [4.69, 9.17) is 9.47 Å². The number of fused-ring (bicyclic) bond motifs is 1. The highest BCUT2D eigenvalue weighted by molar-refractivity contribution is 6.01. The molecule has 0 saturated carbocycles. The van der Waals surface area contributed by atoms with E-state index in [1.54, 1.807) is 19.2 Å². The molecule has 0 saturated heterocycles. The molecule has 1 aliphatic heterocycles. The number of rotatable bonds is 11. The highest BCUT2D eigenvalue weighted by atomic mass is 16.5. The first-order chi connectivity index (χ1) is 18.4. The summed E-state index contributed by atoms with van der Waals surface area (Å²) in [5.41, 5.74) is 4.04. The lowest BCUT2D eigenvalue weighted by molar-refractivity contribution is -0.114. The predicted molar refractivity (Wildman–Crippen MR) is 150 cm³/mol. The van der Waals surface area contributed by atoms with Crippen molar-refractivity contribution >= 4 is 23.2 Å². The second-order valence-electron chi connectivity index (χ2n) is 9.18. The Morgan fingerprint density at radius 3 is 2.47 bits per heavy atom. The molecule has 0 unspecified atom stereocenters. The Hall–Kier alpha value is -4.04. The minimum Gasteiger partial charge on any atom is -0.496 e. The maximum atomic E-state index is 13.6. The van der Waals surface area contributed by atoms with Crippen LogP contribution in [0.25, 0.3) is 0 Å². The van der Waals surface area contributed by atoms with Crippen LogP contribution < -0.4 is 20.1 Å². The number of hydrogen-bond donors (Lipinski definition) is 2. The molecular weight excluding hydrogens is 480 g/mol. The molecule has 1 heterocycles. The van der Waals surface area contributed by atoms with E-state index < -0.39 is 0 Å². The summed E-state index contributed by atoms with van der Waals surface area (Å²) in [6.07, 6.45) is -0.324. The molecule has 0 bridgehead atoms. The van der Waals surface area contributed by atoms with E-state index in [0.29, 0.717) is 29.3 Å². The summed E-state index contributed by atoms with van der Waals surface area (Å²) < 4.78 is 11.7. The second-order valence-corrected chi connectivity index (χ2v) is 9.18. The fourth-order valence-corrected chi connectivity index (χ4v) is 4.66. The van der Waals surface area contributed by atoms with E-state index in [1.165, 1.54) is 6.92 Å². The van der Waals surface area contributed by atoms with Gasteiger partial charge in [0, 0.05) is 37.0 Å². The lowest BCUT2D eigenvalue weighted by Gasteiger charge is -2.39. The Balaban J connectivity index is 1.58. The third-order valence-electron chi connectivity index (χ3n) is 6.76. The summed E-state index contributed by atoms with van der Waals surface area (Å²) >= 11 is 0. The van der Waals surface area contributed by atoms with E-state index in [0.717, 1.165) is 36.4 Å². The van der Waals surface area contributed by atoms with Gasteiger partial charge in [0.15, 0.2) is 0 Å². The molecule has 2 N–H and O–H groups in total. The topological polar surface area (TPSA) is 83.1 Å². The van der Waals surface area contributed by atoms with Crippen LogP contribution in [0.4, 0.5) is 11.4 Å². The molecule has 8 heteroatoms. The molecule has 0 aliphatic carbocycles. The Morgan fingerprint density at radius 1 is 1.05 bits per heavy atom. The van der Waals surface area contributed by atoms with Crippen molar-refractivity contribution in [2.75, 3.05) is 43.9 Å². The summed E-state index contributed by atoms with van der Waals surface area (Å²) in [6.45, 7) is 9.29. The maximum absolute atomic E-state index is 13.6. The lowest BCUT2D eigenvalue weighted by Crippen LogP contribution is -2.46. The van der Waals surface area contributed by atoms with Gasteiger partial charge in [0.25, 0.3) is 5.91 Å². The zero-order valence-electron chi connectivity index (χ0n) is 22.5. The fraction of sp³-hybridized carbons (Fsp3) is 0.333. The van der Waals surface area contributed by atoms with Crippen molar-refractivity contribution in [3.05, 3.63) is 83.4 Å². The van der Waals surface area contributed by atoms with Crippen LogP contribution in [0.2, 0.25) is 0 Å². The molecule has 0 spiro atoms. The maximum Gasteiger partial charge on any atom is 0.257 e. The third-order valence-corrected chi connectivity index (χ3v) is 6.76. The monoisotopic (exact) mass is 516 g/mol. The molecule has 0 fully saturated rings. The average molecular weight is 517 g/mol. The van der Waals surface area contributed by atoms with Gasteiger partial charge in [-0.3, -0.25) is 9.59 Å². The number of benzene rings is 3. The van der Waals surface area contributed by atoms with Gasteiger partial charge in [0.05, 0.1) is 12.7 Å². The summed E-state index contributed by atoms with van der Waals surface area (Å²) in [7, 11) is 1.63. The van der Waals surface area contributed by atoms with Crippen LogP contribution in [0.5, 0.6) is 11.5 Å². The number of ether oxygens (including phenoxy) is 2. The lowest BCUT2D eigenvalue weighted by atomic mass is 10.0. The van der Waals surface area contributed by atoms with E-state index >= 15 is 0 Å². The first-order valence-corrected chi connectivity index (χ1v) is 13.0. The van der Waals surface area contributed by atoms with Gasteiger partial charge in [0.2, 0.25) is 5.91 Å². The minimum absolute atomic E-state index is 0.0179. The highest BCUT2D eigenvalue weighted by Crippen LogP contribution is 2.35. The van der Waals surface area contributed by atoms with E-state index in [2.05, 4.69) is 29.4 Å². The molecule has 200 valence electrons. The molecule has 1 aliphatic rings. The third kappa shape index (κ3) is 6.26. The number of amides is 2. The quantitative estimate of drug-likeness (QED) is 0.367. The van der Waals surface area contributed by atoms with Crippen LogP contribution >= 0.6 is 0 Å². The largest absolute Gasteiger partial charge is 0.496 e. The van der Waals surface area contributed by atoms with Crippen molar-refractivity contribution in [1.82, 2.24) is 9.80 Å². The number of methoxy groups -OCH3 is 1. The predicted octanol–water partition coefficient (Wildman–Crippen LogP) is 5.14. The highest BCUT2D eigenvalue weighted by Gasteiger charge is 2.33. The van der Waals surface area contributed by atoms with Crippen molar-refractivity contribution < 1.29 is 19.1 Å². The number of nitrogens with zero attached hydrogens (tertiary/aromatic N) is 2. The number of likely N-dealkylation sites (N-methyl/N-ethyl adjacent to an activating group) is 1. The van der Waals surface area contributed by atoms with Gasteiger partial charge in [-0.05, 0) is 67.2 Å². The summed E-state index contributed by atoms with van der Waals surface area (Å²) in [5.74, 6) is 1.28. The zero-order valence-corrected chi connectivity index (χ0v) is 22.5. The zero-order chi connectivity index (χ0) is 27.1. The average Bonchev–Trinajstić information content (AvgIpc) is 2.93. The molecule has 38 heavy (non-hydrogen) atoms. The number of carbonyl (C=O) groups excluding carboxylic acids is 2. The van der Waals surface area contributed by atoms with Crippen molar-refractivity contribution in [2.24, 2.45) is 0 Å². The number of carbonyl (C=O) groups is 2. The molecule has 1 atom stereocenters. The number of anilines is 2. The molecule has 2 amide bonds. The van der Waals surface area contributed by atoms with Gasteiger partial charge < -0.3 is 29.9 Å². The summed E-state index contributed by atoms with van der Waals surface area (Å²) in [6, 6.07) is 20.8. The SMILES string of the molecule is CCN(CC)CCN1C(=O)c2ccccc2N[C@H]1c1ccc(OC)c(COc2ccc(NC(C)=O)cc2)c1. The van der Waals surface area contributed by atoms with Crippen molar-refractivity contribution in [2.45, 2.75) is 33.5 Å². The first-order valence-electron chi connectivity index (χ1n) is 13.0. The smallest absolute Gasteiger partial charge is 0.257 e. The van der Waals surface area contributed by atoms with Gasteiger partial charge >= 0.3 is 0 Å². The Morgan fingerprint density at radius 2 is 1.79 bits per heavy atom. The fourth-order valence-electron chi connectivity index (χ4n) is 4.66. The van der Waals surface area contributed by atoms with Crippen LogP contribution in [-0.2, 0) is 11.4 Å². The van der Waals surface area contributed by atoms with Crippen molar-refractivity contribution in [3.63, 3.8) is 0 Å². The van der Waals surface area contributed by atoms with Crippen LogP contribution in [0.15, 0.2) is 66.7 Å². The summed E-state index contributed by atoms with van der Waals surface area (Å²) in [5, 5.41) is 6.33. The van der Waals surface area contributed by atoms with Crippen molar-refractivity contribution in [3.8, 4) is 11.5 Å². The molecular formula is C30H36N4O4. The summed E-state index contributed by atoms with van der Waals surface area (Å²) in [4.78, 5) is 29.1. The Labute approximate surface area is 224 Å². The van der Waals surface area contributed by atoms with Crippen LogP contribution in [-0.4, -0.2) is 54.9 Å². The molecule has 4 rings (SSSR count). The van der Waals surface area contributed by atoms with Crippen molar-refractivity contribution in [1.29, 1.82) is 0 Å². The Kier molecular flexibility index (Phi) is 8.86. The van der Waals surface area contributed by atoms with E-state index in [9.17, 15) is 9.59 Å². The molecule has 0 aromatic heterocycles. The van der Waals surface area contributed by atoms with Gasteiger partial charge in [-0.1, -0.05) is 32.0 Å². The van der Waals surface area contributed by atoms with Crippen LogP contribution in [0, 0.1) is 0 Å². The van der Waals surface area contributed by atoms with Crippen LogP contribution in [0.3, 0.4) is 0 Å². The number of hydrogen-bond acceptors (Lipinski definition) is 6. The van der Waals surface area contributed by atoms with Gasteiger partial charge in [0.1, 0.15) is 24.3 Å². The molecule has 0 radical (unpaired) electrons. The molecule has 3 aromatic rings. The number of para-hydroxylation sites is 1. The number of nitrogens with one attached hydrogen (secondary N) is 2. The van der Waals surface area contributed by atoms with Gasteiger partial charge in [-0.2, -0.15) is 0 Å². The standard InChI is InChI=1S/C30H36N4O4/c1-5-33(6-2)17-18-34-29(32-27-10-8-7-9-26(27)30(34)36)22-11-16-28(37-4)23(19-22)20-38-25-14-12-24(13-15-25)31-21(3)35/h7-16,19,29,32H,5-6,17-18,20H2,1-4H3,(H,31,35)/t29-/m1/s1. The van der Waals surface area contributed by atoms with E-state index in [-0.39, 0.29) is 24.6 Å². The first kappa shape index (κ1) is 27.0. The molecule has 8 nitrogen and oxygen atoms in total. The van der Waals surface area contributed by atoms with Gasteiger partial charge in [-0.25, -0.2) is 0 Å². The Bertz CT molecular complexity index is 1260. The molecule has 3 aromatic carbocycles. The van der Waals surface area contributed by atoms with Gasteiger partial charge in [-0.15, -0.1) is 0 Å².